The van der Waals surface area contributed by atoms with Crippen LogP contribution in [0.5, 0.6) is 0 Å². The molecule has 0 radical (unpaired) electrons. The summed E-state index contributed by atoms with van der Waals surface area (Å²) in [5, 5.41) is 4.18. The number of nitrogens with zero attached hydrogens (tertiary/aromatic N) is 1. The minimum atomic E-state index is 0.950. The average Bonchev–Trinajstić information content (AvgIpc) is 2.14. The molecule has 1 heterocycles. The lowest BCUT2D eigenvalue weighted by Crippen LogP contribution is -2.13. The zero-order chi connectivity index (χ0) is 5.11. The van der Waals surface area contributed by atoms with Crippen LogP contribution in [0, 0.1) is 0 Å². The fourth-order valence-electron chi connectivity index (χ4n) is 0.428. The summed E-state index contributed by atoms with van der Waals surface area (Å²) in [5.41, 5.74) is 0. The van der Waals surface area contributed by atoms with Crippen LogP contribution < -0.4 is 5.32 Å². The van der Waals surface area contributed by atoms with Gasteiger partial charge in [-0.3, -0.25) is 4.99 Å². The lowest BCUT2D eigenvalue weighted by atomic mass is 10.7. The predicted molar refractivity (Wildman–Crippen MR) is 41.9 cm³/mol. The highest BCUT2D eigenvalue weighted by molar-refractivity contribution is 14.2. The van der Waals surface area contributed by atoms with Gasteiger partial charge < -0.3 is 5.32 Å². The Morgan fingerprint density at radius 2 is 2.71 bits per heavy atom. The first-order chi connectivity index (χ1) is 3.43. The van der Waals surface area contributed by atoms with Gasteiger partial charge in [-0.15, -0.1) is 0 Å². The largest absolute Gasteiger partial charge is 0.362 e. The fraction of sp³-hybridized carbons (Fsp3) is 0.667. The molecule has 1 rings (SSSR count). The van der Waals surface area contributed by atoms with Gasteiger partial charge >= 0.3 is 0 Å². The van der Waals surface area contributed by atoms with Crippen LogP contribution in [0.15, 0.2) is 4.99 Å². The maximum atomic E-state index is 4.12. The van der Waals surface area contributed by atoms with Crippen molar-refractivity contribution >= 4 is 35.3 Å². The Balaban J connectivity index is 2.36. The van der Waals surface area contributed by atoms with Crippen LogP contribution in [0.4, 0.5) is 0 Å². The van der Waals surface area contributed by atoms with Gasteiger partial charge in [-0.1, -0.05) is 0 Å². The zero-order valence-corrected chi connectivity index (χ0v) is 6.62. The van der Waals surface area contributed by atoms with Crippen molar-refractivity contribution in [1.29, 1.82) is 0 Å². The average molecular weight is 228 g/mol. The maximum absolute atomic E-state index is 4.12. The standard InChI is InChI=1S/C3H5IN2S/c4-7-3-5-1-2-6-3/h1-2H2,(H,5,6). The Hall–Kier alpha value is 0.550. The molecular weight excluding hydrogens is 223 g/mol. The molecule has 4 heteroatoms. The van der Waals surface area contributed by atoms with Crippen molar-refractivity contribution in [2.24, 2.45) is 4.99 Å². The Labute approximate surface area is 58.7 Å². The molecule has 0 aromatic carbocycles. The highest BCUT2D eigenvalue weighted by Crippen LogP contribution is 2.13. The molecule has 1 aliphatic rings. The third-order valence-electron chi connectivity index (χ3n) is 0.717. The van der Waals surface area contributed by atoms with E-state index >= 15 is 0 Å². The van der Waals surface area contributed by atoms with Gasteiger partial charge in [-0.25, -0.2) is 0 Å². The van der Waals surface area contributed by atoms with Gasteiger partial charge in [0.2, 0.25) is 0 Å². The van der Waals surface area contributed by atoms with Gasteiger partial charge in [0.1, 0.15) is 0 Å². The second kappa shape index (κ2) is 2.76. The van der Waals surface area contributed by atoms with Gasteiger partial charge in [-0.05, 0) is 8.93 Å². The van der Waals surface area contributed by atoms with E-state index in [1.165, 1.54) is 0 Å². The highest BCUT2D eigenvalue weighted by atomic mass is 127. The minimum absolute atomic E-state index is 0.950. The van der Waals surface area contributed by atoms with Crippen molar-refractivity contribution in [2.75, 3.05) is 13.1 Å². The summed E-state index contributed by atoms with van der Waals surface area (Å²) in [6.07, 6.45) is 0. The number of nitrogens with one attached hydrogen (secondary N) is 1. The normalized spacial score (nSPS) is 18.7. The van der Waals surface area contributed by atoms with Crippen molar-refractivity contribution < 1.29 is 0 Å². The van der Waals surface area contributed by atoms with Gasteiger partial charge in [-0.2, -0.15) is 0 Å². The Kier molecular flexibility index (Phi) is 2.24. The highest BCUT2D eigenvalue weighted by Gasteiger charge is 2.00. The van der Waals surface area contributed by atoms with Crippen LogP contribution in [-0.4, -0.2) is 18.3 Å². The number of halogens is 1. The SMILES string of the molecule is ISC1=NCCN1. The lowest BCUT2D eigenvalue weighted by molar-refractivity contribution is 0.964. The van der Waals surface area contributed by atoms with Crippen molar-refractivity contribution in [2.45, 2.75) is 0 Å². The molecule has 1 N–H and O–H groups in total. The molecule has 0 atom stereocenters. The molecule has 0 spiro atoms. The third kappa shape index (κ3) is 1.49. The van der Waals surface area contributed by atoms with Gasteiger partial charge in [0.05, 0.1) is 6.54 Å². The Bertz CT molecular complexity index is 92.9. The summed E-state index contributed by atoms with van der Waals surface area (Å²) in [6, 6.07) is 0. The summed E-state index contributed by atoms with van der Waals surface area (Å²) in [6.45, 7) is 1.97. The van der Waals surface area contributed by atoms with Crippen molar-refractivity contribution in [3.63, 3.8) is 0 Å². The van der Waals surface area contributed by atoms with E-state index in [0.29, 0.717) is 0 Å². The summed E-state index contributed by atoms with van der Waals surface area (Å²) in [4.78, 5) is 4.12. The molecule has 40 valence electrons. The zero-order valence-electron chi connectivity index (χ0n) is 3.65. The topological polar surface area (TPSA) is 24.4 Å². The van der Waals surface area contributed by atoms with Crippen LogP contribution >= 0.6 is 30.1 Å². The molecule has 0 amide bonds. The van der Waals surface area contributed by atoms with Crippen molar-refractivity contribution in [1.82, 2.24) is 5.32 Å². The van der Waals surface area contributed by atoms with E-state index in [0.717, 1.165) is 18.3 Å². The van der Waals surface area contributed by atoms with E-state index < -0.39 is 0 Å². The van der Waals surface area contributed by atoms with E-state index in [4.69, 9.17) is 0 Å². The number of rotatable bonds is 0. The second-order valence-corrected chi connectivity index (χ2v) is 3.05. The first-order valence-corrected chi connectivity index (χ1v) is 5.36. The lowest BCUT2D eigenvalue weighted by Gasteiger charge is -1.89. The Morgan fingerprint density at radius 1 is 1.86 bits per heavy atom. The third-order valence-corrected chi connectivity index (χ3v) is 2.39. The van der Waals surface area contributed by atoms with Crippen molar-refractivity contribution in [3.05, 3.63) is 0 Å². The van der Waals surface area contributed by atoms with E-state index in [2.05, 4.69) is 31.5 Å². The molecule has 0 aromatic rings. The molecule has 7 heavy (non-hydrogen) atoms. The molecule has 0 saturated carbocycles. The monoisotopic (exact) mass is 228 g/mol. The van der Waals surface area contributed by atoms with E-state index in [9.17, 15) is 0 Å². The van der Waals surface area contributed by atoms with Crippen LogP contribution in [-0.2, 0) is 0 Å². The quantitative estimate of drug-likeness (QED) is 0.626. The van der Waals surface area contributed by atoms with E-state index in [1.54, 1.807) is 8.93 Å². The van der Waals surface area contributed by atoms with Crippen molar-refractivity contribution in [3.8, 4) is 0 Å². The first kappa shape index (κ1) is 5.68. The van der Waals surface area contributed by atoms with Crippen LogP contribution in [0.25, 0.3) is 0 Å². The number of aliphatic imine (C=N–C) groups is 1. The van der Waals surface area contributed by atoms with Crippen LogP contribution in [0.3, 0.4) is 0 Å². The molecule has 0 saturated heterocycles. The molecule has 0 aliphatic carbocycles. The summed E-state index contributed by atoms with van der Waals surface area (Å²) >= 11 is 2.21. The molecule has 1 aliphatic heterocycles. The molecular formula is C3H5IN2S. The summed E-state index contributed by atoms with van der Waals surface area (Å²) in [7, 11) is 1.64. The number of hydrogen-bond donors (Lipinski definition) is 1. The number of amidine groups is 1. The van der Waals surface area contributed by atoms with E-state index in [1.807, 2.05) is 0 Å². The maximum Gasteiger partial charge on any atom is 0.167 e. The van der Waals surface area contributed by atoms with Gasteiger partial charge in [0.25, 0.3) is 0 Å². The second-order valence-electron chi connectivity index (χ2n) is 1.19. The summed E-state index contributed by atoms with van der Waals surface area (Å²) in [5.74, 6) is 0. The van der Waals surface area contributed by atoms with Crippen LogP contribution in [0.2, 0.25) is 0 Å². The predicted octanol–water partition coefficient (Wildman–Crippen LogP) is 1.03. The minimum Gasteiger partial charge on any atom is -0.362 e. The smallest absolute Gasteiger partial charge is 0.167 e. The van der Waals surface area contributed by atoms with E-state index in [-0.39, 0.29) is 0 Å². The summed E-state index contributed by atoms with van der Waals surface area (Å²) < 4.78 is 0. The fourth-order valence-corrected chi connectivity index (χ4v) is 1.61. The molecule has 0 unspecified atom stereocenters. The number of hydrogen-bond acceptors (Lipinski definition) is 3. The van der Waals surface area contributed by atoms with Crippen LogP contribution in [0.1, 0.15) is 0 Å². The molecule has 0 bridgehead atoms. The van der Waals surface area contributed by atoms with Gasteiger partial charge in [0, 0.05) is 27.8 Å². The molecule has 0 fully saturated rings. The first-order valence-electron chi connectivity index (χ1n) is 2.00. The molecule has 0 aromatic heterocycles. The van der Waals surface area contributed by atoms with Gasteiger partial charge in [0.15, 0.2) is 5.17 Å². The molecule has 2 nitrogen and oxygen atoms in total. The Morgan fingerprint density at radius 3 is 3.00 bits per heavy atom.